The van der Waals surface area contributed by atoms with Crippen molar-refractivity contribution in [3.63, 3.8) is 0 Å². The predicted molar refractivity (Wildman–Crippen MR) is 110 cm³/mol. The van der Waals surface area contributed by atoms with Gasteiger partial charge in [-0.25, -0.2) is 14.4 Å². The van der Waals surface area contributed by atoms with E-state index in [1.54, 1.807) is 30.1 Å². The number of carbonyl (C=O) groups is 1. The van der Waals surface area contributed by atoms with Crippen LogP contribution in [-0.2, 0) is 23.1 Å². The lowest BCUT2D eigenvalue weighted by atomic mass is 10.1. The number of nitriles is 1. The minimum absolute atomic E-state index is 0.155. The van der Waals surface area contributed by atoms with Crippen LogP contribution in [0.3, 0.4) is 0 Å². The number of methoxy groups -OCH3 is 1. The molecule has 0 aliphatic heterocycles. The van der Waals surface area contributed by atoms with Crippen LogP contribution in [0, 0.1) is 17.1 Å². The van der Waals surface area contributed by atoms with Gasteiger partial charge >= 0.3 is 5.97 Å². The van der Waals surface area contributed by atoms with Crippen molar-refractivity contribution in [1.29, 1.82) is 5.26 Å². The highest BCUT2D eigenvalue weighted by Gasteiger charge is 2.22. The Morgan fingerprint density at radius 2 is 2.13 bits per heavy atom. The summed E-state index contributed by atoms with van der Waals surface area (Å²) in [5, 5.41) is 9.94. The lowest BCUT2D eigenvalue weighted by molar-refractivity contribution is -0.141. The first-order valence-corrected chi connectivity index (χ1v) is 8.94. The highest BCUT2D eigenvalue weighted by Crippen LogP contribution is 2.35. The first-order valence-electron chi connectivity index (χ1n) is 8.94. The fraction of sp³-hybridized carbons (Fsp3) is 0.200. The number of pyridine rings is 1. The van der Waals surface area contributed by atoms with Gasteiger partial charge in [-0.05, 0) is 31.3 Å². The fourth-order valence-electron chi connectivity index (χ4n) is 3.54. The maximum absolute atomic E-state index is 14.1. The third-order valence-electron chi connectivity index (χ3n) is 4.86. The van der Waals surface area contributed by atoms with E-state index in [9.17, 15) is 14.4 Å². The first kappa shape index (κ1) is 19.5. The Labute approximate surface area is 172 Å². The van der Waals surface area contributed by atoms with E-state index in [0.29, 0.717) is 33.6 Å². The van der Waals surface area contributed by atoms with Crippen molar-refractivity contribution in [3.8, 4) is 17.3 Å². The summed E-state index contributed by atoms with van der Waals surface area (Å²) in [6.07, 6.45) is 1.64. The maximum atomic E-state index is 14.1. The Morgan fingerprint density at radius 3 is 2.80 bits per heavy atom. The topological polar surface area (TPSA) is 89.0 Å². The molecule has 0 N–H and O–H groups in total. The van der Waals surface area contributed by atoms with Crippen molar-refractivity contribution >= 4 is 41.8 Å². The van der Waals surface area contributed by atoms with Gasteiger partial charge in [0.2, 0.25) is 7.98 Å². The number of imidazole rings is 1. The second-order valence-corrected chi connectivity index (χ2v) is 6.87. The average Bonchev–Trinajstić information content (AvgIpc) is 3.27. The van der Waals surface area contributed by atoms with Crippen LogP contribution in [0.15, 0.2) is 30.6 Å². The van der Waals surface area contributed by atoms with E-state index >= 15 is 0 Å². The molecule has 4 aromatic rings. The monoisotopic (exact) mass is 402 g/mol. The molecular weight excluding hydrogens is 386 g/mol. The number of ether oxygens (including phenoxy) is 1. The van der Waals surface area contributed by atoms with Gasteiger partial charge in [0.15, 0.2) is 0 Å². The molecule has 0 unspecified atom stereocenters. The molecule has 30 heavy (non-hydrogen) atoms. The second kappa shape index (κ2) is 7.19. The van der Waals surface area contributed by atoms with Crippen LogP contribution in [0.2, 0.25) is 0 Å². The number of hydrogen-bond acceptors (Lipinski definition) is 6. The standard InChI is InChI=1S/C20H16BFN6O2/c1-26-10-24-17-18(26)14-7-15(12-4-11(8-23)5-13(22)6-12)28(9-16(29)30-3)19(14)25-20(17)27(2)21/h4-7,10H,9H2,1-3H3. The van der Waals surface area contributed by atoms with Crippen LogP contribution in [0.25, 0.3) is 33.3 Å². The molecule has 0 atom stereocenters. The SMILES string of the molecule is [B]N(C)c1nc2c(cc(-c3cc(F)cc(C#N)c3)n2CC(=O)OC)c2c1ncn2C. The van der Waals surface area contributed by atoms with Crippen molar-refractivity contribution in [2.45, 2.75) is 6.54 Å². The smallest absolute Gasteiger partial charge is 0.325 e. The highest BCUT2D eigenvalue weighted by atomic mass is 19.1. The number of anilines is 1. The Bertz CT molecular complexity index is 1350. The highest BCUT2D eigenvalue weighted by molar-refractivity contribution is 6.20. The molecule has 3 heterocycles. The van der Waals surface area contributed by atoms with Gasteiger partial charge in [-0.3, -0.25) is 4.79 Å². The zero-order valence-electron chi connectivity index (χ0n) is 16.5. The summed E-state index contributed by atoms with van der Waals surface area (Å²) in [4.78, 5) is 22.5. The van der Waals surface area contributed by atoms with Gasteiger partial charge < -0.3 is 18.7 Å². The minimum atomic E-state index is -0.556. The Hall–Kier alpha value is -3.87. The van der Waals surface area contributed by atoms with Crippen molar-refractivity contribution in [1.82, 2.24) is 19.1 Å². The van der Waals surface area contributed by atoms with E-state index in [1.165, 1.54) is 18.0 Å². The van der Waals surface area contributed by atoms with Gasteiger partial charge in [-0.2, -0.15) is 5.26 Å². The van der Waals surface area contributed by atoms with E-state index in [2.05, 4.69) is 9.97 Å². The van der Waals surface area contributed by atoms with Crippen molar-refractivity contribution in [2.24, 2.45) is 7.05 Å². The number of benzene rings is 1. The molecule has 2 radical (unpaired) electrons. The van der Waals surface area contributed by atoms with E-state index in [-0.39, 0.29) is 12.1 Å². The molecular formula is C20H16BFN6O2. The van der Waals surface area contributed by atoms with Crippen LogP contribution in [-0.4, -0.2) is 47.2 Å². The number of rotatable bonds is 4. The first-order chi connectivity index (χ1) is 14.3. The van der Waals surface area contributed by atoms with Gasteiger partial charge in [-0.1, -0.05) is 0 Å². The van der Waals surface area contributed by atoms with Gasteiger partial charge in [0.1, 0.15) is 29.3 Å². The Kier molecular flexibility index (Phi) is 4.66. The van der Waals surface area contributed by atoms with Crippen molar-refractivity contribution in [3.05, 3.63) is 42.0 Å². The molecule has 4 rings (SSSR count). The number of aryl methyl sites for hydroxylation is 1. The zero-order valence-corrected chi connectivity index (χ0v) is 16.5. The number of esters is 1. The quantitative estimate of drug-likeness (QED) is 0.385. The fourth-order valence-corrected chi connectivity index (χ4v) is 3.54. The van der Waals surface area contributed by atoms with E-state index in [4.69, 9.17) is 12.7 Å². The molecule has 1 aromatic carbocycles. The van der Waals surface area contributed by atoms with Crippen LogP contribution >= 0.6 is 0 Å². The second-order valence-electron chi connectivity index (χ2n) is 6.87. The summed E-state index contributed by atoms with van der Waals surface area (Å²) in [6.45, 7) is -0.155. The summed E-state index contributed by atoms with van der Waals surface area (Å²) in [7, 11) is 10.7. The van der Waals surface area contributed by atoms with Crippen molar-refractivity contribution < 1.29 is 13.9 Å². The Morgan fingerprint density at radius 1 is 1.37 bits per heavy atom. The van der Waals surface area contributed by atoms with Crippen LogP contribution < -0.4 is 4.81 Å². The summed E-state index contributed by atoms with van der Waals surface area (Å²) < 4.78 is 22.4. The van der Waals surface area contributed by atoms with E-state index < -0.39 is 11.8 Å². The van der Waals surface area contributed by atoms with Gasteiger partial charge in [0.05, 0.1) is 36.3 Å². The number of aromatic nitrogens is 4. The maximum Gasteiger partial charge on any atom is 0.325 e. The molecule has 0 saturated carbocycles. The molecule has 0 saturated heterocycles. The molecule has 148 valence electrons. The molecule has 0 bridgehead atoms. The average molecular weight is 402 g/mol. The Balaban J connectivity index is 2.13. The van der Waals surface area contributed by atoms with Crippen molar-refractivity contribution in [2.75, 3.05) is 19.0 Å². The molecule has 8 nitrogen and oxygen atoms in total. The van der Waals surface area contributed by atoms with Crippen LogP contribution in [0.1, 0.15) is 5.56 Å². The summed E-state index contributed by atoms with van der Waals surface area (Å²) in [5.41, 5.74) is 2.93. The summed E-state index contributed by atoms with van der Waals surface area (Å²) in [5.74, 6) is -0.633. The van der Waals surface area contributed by atoms with E-state index in [1.807, 2.05) is 17.7 Å². The van der Waals surface area contributed by atoms with Crippen LogP contribution in [0.4, 0.5) is 10.2 Å². The number of carbonyl (C=O) groups excluding carboxylic acids is 1. The van der Waals surface area contributed by atoms with Gasteiger partial charge in [-0.15, -0.1) is 0 Å². The number of nitrogens with zero attached hydrogens (tertiary/aromatic N) is 6. The lowest BCUT2D eigenvalue weighted by Gasteiger charge is -2.15. The molecule has 0 amide bonds. The summed E-state index contributed by atoms with van der Waals surface area (Å²) in [6, 6.07) is 7.76. The number of halogens is 1. The number of hydrogen-bond donors (Lipinski definition) is 0. The zero-order chi connectivity index (χ0) is 21.6. The van der Waals surface area contributed by atoms with Gasteiger partial charge in [0.25, 0.3) is 0 Å². The molecule has 3 aromatic heterocycles. The molecule has 0 fully saturated rings. The predicted octanol–water partition coefficient (Wildman–Crippen LogP) is 2.29. The molecule has 0 spiro atoms. The minimum Gasteiger partial charge on any atom is -0.468 e. The lowest BCUT2D eigenvalue weighted by Crippen LogP contribution is -2.16. The largest absolute Gasteiger partial charge is 0.468 e. The molecule has 10 heteroatoms. The van der Waals surface area contributed by atoms with E-state index in [0.717, 1.165) is 11.6 Å². The number of fused-ring (bicyclic) bond motifs is 3. The van der Waals surface area contributed by atoms with Crippen LogP contribution in [0.5, 0.6) is 0 Å². The molecule has 0 aliphatic carbocycles. The van der Waals surface area contributed by atoms with Gasteiger partial charge in [0, 0.05) is 18.0 Å². The third-order valence-corrected chi connectivity index (χ3v) is 4.86. The summed E-state index contributed by atoms with van der Waals surface area (Å²) >= 11 is 0. The normalized spacial score (nSPS) is 11.0. The molecule has 0 aliphatic rings. The third kappa shape index (κ3) is 3.04.